The molecule has 9 heteroatoms. The molecule has 132 valence electrons. The highest BCUT2D eigenvalue weighted by Gasteiger charge is 2.25. The topological polar surface area (TPSA) is 119 Å². The number of carboxylic acid groups (broad SMARTS) is 1. The first-order chi connectivity index (χ1) is 11.9. The molecule has 0 aliphatic rings. The van der Waals surface area contributed by atoms with Crippen LogP contribution in [0.4, 0.5) is 5.69 Å². The average molecular weight is 346 g/mol. The lowest BCUT2D eigenvalue weighted by Gasteiger charge is -2.26. The fourth-order valence-corrected chi connectivity index (χ4v) is 2.28. The van der Waals surface area contributed by atoms with Crippen molar-refractivity contribution in [1.82, 2.24) is 14.7 Å². The van der Waals surface area contributed by atoms with Crippen molar-refractivity contribution in [2.75, 3.05) is 0 Å². The van der Waals surface area contributed by atoms with Crippen molar-refractivity contribution in [3.8, 4) is 0 Å². The minimum Gasteiger partial charge on any atom is -0.480 e. The Morgan fingerprint density at radius 3 is 2.60 bits per heavy atom. The minimum atomic E-state index is -1.10. The van der Waals surface area contributed by atoms with Crippen LogP contribution in [0, 0.1) is 10.1 Å². The summed E-state index contributed by atoms with van der Waals surface area (Å²) < 4.78 is 1.29. The third-order valence-electron chi connectivity index (χ3n) is 3.73. The summed E-state index contributed by atoms with van der Waals surface area (Å²) in [6, 6.07) is 8.09. The molecular formula is C16H18N4O5. The van der Waals surface area contributed by atoms with E-state index in [2.05, 4.69) is 5.10 Å². The van der Waals surface area contributed by atoms with Gasteiger partial charge < -0.3 is 10.0 Å². The summed E-state index contributed by atoms with van der Waals surface area (Å²) in [7, 11) is 0. The number of aromatic nitrogens is 2. The van der Waals surface area contributed by atoms with Crippen LogP contribution >= 0.6 is 0 Å². The number of rotatable bonds is 8. The largest absolute Gasteiger partial charge is 0.480 e. The SMILES string of the molecule is CC(C(=O)O)N(Cc1ccccc1)C(=O)CCn1cc([N+](=O)[O-])cn1. The lowest BCUT2D eigenvalue weighted by atomic mass is 10.1. The number of hydrogen-bond donors (Lipinski definition) is 1. The zero-order chi connectivity index (χ0) is 18.4. The van der Waals surface area contributed by atoms with Crippen molar-refractivity contribution in [3.63, 3.8) is 0 Å². The minimum absolute atomic E-state index is 0.0106. The van der Waals surface area contributed by atoms with Crippen LogP contribution in [-0.4, -0.2) is 42.6 Å². The Bertz CT molecular complexity index is 759. The van der Waals surface area contributed by atoms with Gasteiger partial charge in [0.2, 0.25) is 5.91 Å². The van der Waals surface area contributed by atoms with Crippen LogP contribution < -0.4 is 0 Å². The van der Waals surface area contributed by atoms with E-state index in [-0.39, 0.29) is 31.1 Å². The van der Waals surface area contributed by atoms with E-state index in [1.54, 1.807) is 0 Å². The van der Waals surface area contributed by atoms with Gasteiger partial charge >= 0.3 is 11.7 Å². The van der Waals surface area contributed by atoms with Crippen molar-refractivity contribution in [1.29, 1.82) is 0 Å². The van der Waals surface area contributed by atoms with E-state index < -0.39 is 16.9 Å². The van der Waals surface area contributed by atoms with Gasteiger partial charge in [-0.05, 0) is 12.5 Å². The van der Waals surface area contributed by atoms with Crippen LogP contribution in [0.25, 0.3) is 0 Å². The number of amides is 1. The number of aryl methyl sites for hydroxylation is 1. The molecule has 25 heavy (non-hydrogen) atoms. The van der Waals surface area contributed by atoms with Crippen LogP contribution in [-0.2, 0) is 22.7 Å². The van der Waals surface area contributed by atoms with E-state index in [1.807, 2.05) is 30.3 Å². The number of carboxylic acids is 1. The molecule has 0 bridgehead atoms. The fraction of sp³-hybridized carbons (Fsp3) is 0.312. The molecule has 1 atom stereocenters. The maximum atomic E-state index is 12.5. The Morgan fingerprint density at radius 1 is 1.36 bits per heavy atom. The van der Waals surface area contributed by atoms with Gasteiger partial charge in [-0.2, -0.15) is 5.10 Å². The number of hydrogen-bond acceptors (Lipinski definition) is 5. The second-order valence-electron chi connectivity index (χ2n) is 5.49. The van der Waals surface area contributed by atoms with E-state index in [0.29, 0.717) is 0 Å². The Labute approximate surface area is 143 Å². The molecule has 0 aliphatic carbocycles. The summed E-state index contributed by atoms with van der Waals surface area (Å²) in [4.78, 5) is 35.1. The molecule has 1 aromatic heterocycles. The zero-order valence-corrected chi connectivity index (χ0v) is 13.6. The summed E-state index contributed by atoms with van der Waals surface area (Å²) in [6.45, 7) is 1.75. The van der Waals surface area contributed by atoms with Crippen molar-refractivity contribution >= 4 is 17.6 Å². The van der Waals surface area contributed by atoms with Crippen LogP contribution in [0.2, 0.25) is 0 Å². The Kier molecular flexibility index (Phi) is 5.83. The fourth-order valence-electron chi connectivity index (χ4n) is 2.28. The molecule has 1 unspecified atom stereocenters. The van der Waals surface area contributed by atoms with Gasteiger partial charge in [-0.25, -0.2) is 4.79 Å². The lowest BCUT2D eigenvalue weighted by molar-refractivity contribution is -0.385. The van der Waals surface area contributed by atoms with Gasteiger partial charge in [0.25, 0.3) is 0 Å². The second-order valence-corrected chi connectivity index (χ2v) is 5.49. The first-order valence-corrected chi connectivity index (χ1v) is 7.61. The summed E-state index contributed by atoms with van der Waals surface area (Å²) in [6.07, 6.45) is 2.32. The molecule has 0 aliphatic heterocycles. The van der Waals surface area contributed by atoms with E-state index >= 15 is 0 Å². The summed E-state index contributed by atoms with van der Waals surface area (Å²) in [5, 5.41) is 23.7. The normalized spacial score (nSPS) is 11.7. The van der Waals surface area contributed by atoms with Gasteiger partial charge in [-0.3, -0.25) is 19.6 Å². The molecule has 2 aromatic rings. The zero-order valence-electron chi connectivity index (χ0n) is 13.6. The molecule has 1 amide bonds. The van der Waals surface area contributed by atoms with Crippen molar-refractivity contribution in [2.45, 2.75) is 32.5 Å². The maximum absolute atomic E-state index is 12.5. The molecule has 0 fully saturated rings. The molecule has 1 aromatic carbocycles. The standard InChI is InChI=1S/C16H18N4O5/c1-12(16(22)23)19(10-13-5-3-2-4-6-13)15(21)7-8-18-11-14(9-17-18)20(24)25/h2-6,9,11-12H,7-8,10H2,1H3,(H,22,23). The molecule has 0 spiro atoms. The van der Waals surface area contributed by atoms with Crippen LogP contribution in [0.5, 0.6) is 0 Å². The molecular weight excluding hydrogens is 328 g/mol. The molecule has 1 heterocycles. The van der Waals surface area contributed by atoms with E-state index in [1.165, 1.54) is 22.7 Å². The number of carbonyl (C=O) groups is 2. The Morgan fingerprint density at radius 2 is 2.04 bits per heavy atom. The van der Waals surface area contributed by atoms with Crippen molar-refractivity contribution < 1.29 is 19.6 Å². The average Bonchev–Trinajstić information content (AvgIpc) is 3.07. The van der Waals surface area contributed by atoms with Crippen molar-refractivity contribution in [3.05, 3.63) is 58.4 Å². The van der Waals surface area contributed by atoms with E-state index in [4.69, 9.17) is 0 Å². The number of aliphatic carboxylic acids is 1. The van der Waals surface area contributed by atoms with Crippen LogP contribution in [0.1, 0.15) is 18.9 Å². The highest BCUT2D eigenvalue weighted by Crippen LogP contribution is 2.12. The monoisotopic (exact) mass is 346 g/mol. The summed E-state index contributed by atoms with van der Waals surface area (Å²) in [5.74, 6) is -1.46. The van der Waals surface area contributed by atoms with E-state index in [0.717, 1.165) is 11.8 Å². The van der Waals surface area contributed by atoms with Gasteiger partial charge in [0, 0.05) is 19.5 Å². The quantitative estimate of drug-likeness (QED) is 0.574. The third-order valence-corrected chi connectivity index (χ3v) is 3.73. The Balaban J connectivity index is 2.06. The van der Waals surface area contributed by atoms with Crippen molar-refractivity contribution in [2.24, 2.45) is 0 Å². The maximum Gasteiger partial charge on any atom is 0.326 e. The van der Waals surface area contributed by atoms with Crippen LogP contribution in [0.3, 0.4) is 0 Å². The highest BCUT2D eigenvalue weighted by molar-refractivity contribution is 5.83. The molecule has 9 nitrogen and oxygen atoms in total. The second kappa shape index (κ2) is 8.04. The molecule has 0 radical (unpaired) electrons. The number of nitro groups is 1. The smallest absolute Gasteiger partial charge is 0.326 e. The summed E-state index contributed by atoms with van der Waals surface area (Å²) in [5.41, 5.74) is 0.658. The molecule has 1 N–H and O–H groups in total. The lowest BCUT2D eigenvalue weighted by Crippen LogP contribution is -2.43. The first kappa shape index (κ1) is 18.1. The van der Waals surface area contributed by atoms with Gasteiger partial charge in [-0.15, -0.1) is 0 Å². The van der Waals surface area contributed by atoms with E-state index in [9.17, 15) is 24.8 Å². The number of carbonyl (C=O) groups excluding carboxylic acids is 1. The van der Waals surface area contributed by atoms with Gasteiger partial charge in [0.05, 0.1) is 4.92 Å². The predicted octanol–water partition coefficient (Wildman–Crippen LogP) is 1.68. The Hall–Kier alpha value is -3.23. The summed E-state index contributed by atoms with van der Waals surface area (Å²) >= 11 is 0. The van der Waals surface area contributed by atoms with Gasteiger partial charge in [-0.1, -0.05) is 30.3 Å². The number of nitrogens with zero attached hydrogens (tertiary/aromatic N) is 4. The third kappa shape index (κ3) is 4.87. The molecule has 0 saturated carbocycles. The first-order valence-electron chi connectivity index (χ1n) is 7.61. The molecule has 2 rings (SSSR count). The predicted molar refractivity (Wildman–Crippen MR) is 87.6 cm³/mol. The van der Waals surface area contributed by atoms with Crippen LogP contribution in [0.15, 0.2) is 42.7 Å². The molecule has 0 saturated heterocycles. The number of benzene rings is 1. The van der Waals surface area contributed by atoms with Gasteiger partial charge in [0.1, 0.15) is 18.4 Å². The highest BCUT2D eigenvalue weighted by atomic mass is 16.6. The van der Waals surface area contributed by atoms with Gasteiger partial charge in [0.15, 0.2) is 0 Å².